The zero-order valence-corrected chi connectivity index (χ0v) is 17.2. The highest BCUT2D eigenvalue weighted by Gasteiger charge is 2.10. The van der Waals surface area contributed by atoms with E-state index in [4.69, 9.17) is 0 Å². The van der Waals surface area contributed by atoms with Crippen LogP contribution < -0.4 is 10.7 Å². The fraction of sp³-hybridized carbons (Fsp3) is 0.238. The summed E-state index contributed by atoms with van der Waals surface area (Å²) in [6.45, 7) is 6.33. The van der Waals surface area contributed by atoms with Gasteiger partial charge in [-0.05, 0) is 50.1 Å². The summed E-state index contributed by atoms with van der Waals surface area (Å²) in [6.07, 6.45) is 4.82. The molecule has 0 saturated heterocycles. The Hall–Kier alpha value is -2.60. The zero-order valence-electron chi connectivity index (χ0n) is 15.7. The lowest BCUT2D eigenvalue weighted by Crippen LogP contribution is -2.24. The summed E-state index contributed by atoms with van der Waals surface area (Å²) in [5.41, 5.74) is 6.45. The molecule has 0 aliphatic heterocycles. The number of benzene rings is 2. The van der Waals surface area contributed by atoms with Crippen molar-refractivity contribution in [2.45, 2.75) is 33.2 Å². The van der Waals surface area contributed by atoms with Gasteiger partial charge in [0.1, 0.15) is 0 Å². The van der Waals surface area contributed by atoms with Crippen LogP contribution in [0.1, 0.15) is 37.4 Å². The van der Waals surface area contributed by atoms with Crippen LogP contribution in [0.2, 0.25) is 0 Å². The maximum absolute atomic E-state index is 12.1. The molecule has 2 amide bonds. The van der Waals surface area contributed by atoms with Crippen molar-refractivity contribution < 1.29 is 4.79 Å². The first-order chi connectivity index (χ1) is 13.0. The molecule has 2 aromatic carbocycles. The van der Waals surface area contributed by atoms with Crippen molar-refractivity contribution in [3.63, 3.8) is 0 Å². The number of aromatic nitrogens is 1. The number of hydrazone groups is 1. The quantitative estimate of drug-likeness (QED) is 0.390. The summed E-state index contributed by atoms with van der Waals surface area (Å²) in [5.74, 6) is 0. The molecule has 1 aromatic heterocycles. The van der Waals surface area contributed by atoms with Crippen LogP contribution >= 0.6 is 15.9 Å². The SMILES string of the molecule is CC[C@H](C)n1cc(/C=N\NC(=O)Nc2ccc(Br)c(C)c2)c2ccccc21. The van der Waals surface area contributed by atoms with E-state index in [1.807, 2.05) is 37.3 Å². The third-order valence-electron chi connectivity index (χ3n) is 4.62. The van der Waals surface area contributed by atoms with Crippen molar-refractivity contribution in [3.05, 3.63) is 64.3 Å². The van der Waals surface area contributed by atoms with Gasteiger partial charge >= 0.3 is 6.03 Å². The molecule has 27 heavy (non-hydrogen) atoms. The Morgan fingerprint density at radius 2 is 2.07 bits per heavy atom. The molecule has 5 nitrogen and oxygen atoms in total. The van der Waals surface area contributed by atoms with Crippen molar-refractivity contribution in [3.8, 4) is 0 Å². The lowest BCUT2D eigenvalue weighted by molar-refractivity contribution is 0.252. The number of aryl methyl sites for hydroxylation is 1. The van der Waals surface area contributed by atoms with Crippen LogP contribution in [0.15, 0.2) is 58.2 Å². The lowest BCUT2D eigenvalue weighted by Gasteiger charge is -2.12. The molecular weight excluding hydrogens is 404 g/mol. The first-order valence-electron chi connectivity index (χ1n) is 8.95. The van der Waals surface area contributed by atoms with E-state index in [0.29, 0.717) is 6.04 Å². The standard InChI is InChI=1S/C21H23BrN4O/c1-4-15(3)26-13-16(18-7-5-6-8-20(18)26)12-23-25-21(27)24-17-9-10-19(22)14(2)11-17/h5-13,15H,4H2,1-3H3,(H2,24,25,27)/b23-12-/t15-/m0/s1. The summed E-state index contributed by atoms with van der Waals surface area (Å²) in [4.78, 5) is 12.1. The largest absolute Gasteiger partial charge is 0.344 e. The Balaban J connectivity index is 1.72. The van der Waals surface area contributed by atoms with E-state index in [9.17, 15) is 4.79 Å². The van der Waals surface area contributed by atoms with Crippen LogP contribution in [0, 0.1) is 6.92 Å². The van der Waals surface area contributed by atoms with Crippen molar-refractivity contribution >= 4 is 44.8 Å². The van der Waals surface area contributed by atoms with Gasteiger partial charge in [0.25, 0.3) is 0 Å². The number of nitrogens with zero attached hydrogens (tertiary/aromatic N) is 2. The van der Waals surface area contributed by atoms with Gasteiger partial charge in [-0.1, -0.05) is 41.1 Å². The molecule has 0 spiro atoms. The van der Waals surface area contributed by atoms with Crippen LogP contribution in [0.3, 0.4) is 0 Å². The van der Waals surface area contributed by atoms with E-state index in [0.717, 1.165) is 33.1 Å². The monoisotopic (exact) mass is 426 g/mol. The minimum absolute atomic E-state index is 0.376. The zero-order chi connectivity index (χ0) is 19.4. The third kappa shape index (κ3) is 4.39. The number of hydrogen-bond donors (Lipinski definition) is 2. The minimum Gasteiger partial charge on any atom is -0.344 e. The maximum atomic E-state index is 12.1. The molecule has 0 aliphatic rings. The Morgan fingerprint density at radius 1 is 1.30 bits per heavy atom. The fourth-order valence-electron chi connectivity index (χ4n) is 2.94. The fourth-order valence-corrected chi connectivity index (χ4v) is 3.18. The highest BCUT2D eigenvalue weighted by Crippen LogP contribution is 2.25. The van der Waals surface area contributed by atoms with E-state index in [2.05, 4.69) is 68.5 Å². The average Bonchev–Trinajstić information content (AvgIpc) is 3.03. The molecule has 0 radical (unpaired) electrons. The maximum Gasteiger partial charge on any atom is 0.339 e. The smallest absolute Gasteiger partial charge is 0.339 e. The highest BCUT2D eigenvalue weighted by molar-refractivity contribution is 9.10. The summed E-state index contributed by atoms with van der Waals surface area (Å²) in [5, 5.41) is 8.01. The van der Waals surface area contributed by atoms with Crippen LogP contribution in [0.4, 0.5) is 10.5 Å². The number of amides is 2. The molecule has 1 atom stereocenters. The summed E-state index contributed by atoms with van der Waals surface area (Å²) in [7, 11) is 0. The van der Waals surface area contributed by atoms with E-state index >= 15 is 0 Å². The van der Waals surface area contributed by atoms with Crippen LogP contribution in [0.5, 0.6) is 0 Å². The molecule has 140 valence electrons. The topological polar surface area (TPSA) is 58.4 Å². The number of para-hydroxylation sites is 1. The van der Waals surface area contributed by atoms with Gasteiger partial charge in [0.15, 0.2) is 0 Å². The molecule has 2 N–H and O–H groups in total. The number of carbonyl (C=O) groups excluding carboxylic acids is 1. The van der Waals surface area contributed by atoms with E-state index < -0.39 is 0 Å². The van der Waals surface area contributed by atoms with Crippen LogP contribution in [-0.4, -0.2) is 16.8 Å². The molecule has 0 aliphatic carbocycles. The lowest BCUT2D eigenvalue weighted by atomic mass is 10.2. The molecular formula is C21H23BrN4O. The summed E-state index contributed by atoms with van der Waals surface area (Å²) < 4.78 is 3.26. The normalized spacial score (nSPS) is 12.4. The van der Waals surface area contributed by atoms with Gasteiger partial charge in [0, 0.05) is 38.9 Å². The Kier molecular flexibility index (Phi) is 5.96. The average molecular weight is 427 g/mol. The second-order valence-corrected chi connectivity index (χ2v) is 7.41. The number of rotatable bonds is 5. The van der Waals surface area contributed by atoms with Gasteiger partial charge in [0.05, 0.1) is 6.21 Å². The predicted molar refractivity (Wildman–Crippen MR) is 116 cm³/mol. The molecule has 6 heteroatoms. The number of halogens is 1. The van der Waals surface area contributed by atoms with Gasteiger partial charge in [0.2, 0.25) is 0 Å². The molecule has 0 fully saturated rings. The van der Waals surface area contributed by atoms with Crippen molar-refractivity contribution in [2.75, 3.05) is 5.32 Å². The van der Waals surface area contributed by atoms with Crippen molar-refractivity contribution in [1.29, 1.82) is 0 Å². The minimum atomic E-state index is -0.376. The highest BCUT2D eigenvalue weighted by atomic mass is 79.9. The molecule has 1 heterocycles. The second-order valence-electron chi connectivity index (χ2n) is 6.55. The van der Waals surface area contributed by atoms with E-state index in [1.54, 1.807) is 6.21 Å². The summed E-state index contributed by atoms with van der Waals surface area (Å²) in [6, 6.07) is 13.9. The molecule has 0 saturated carbocycles. The molecule has 0 bridgehead atoms. The van der Waals surface area contributed by atoms with Gasteiger partial charge < -0.3 is 9.88 Å². The van der Waals surface area contributed by atoms with Gasteiger partial charge in [-0.25, -0.2) is 10.2 Å². The number of fused-ring (bicyclic) bond motifs is 1. The predicted octanol–water partition coefficient (Wildman–Crippen LogP) is 5.84. The van der Waals surface area contributed by atoms with Crippen molar-refractivity contribution in [1.82, 2.24) is 9.99 Å². The summed E-state index contributed by atoms with van der Waals surface area (Å²) >= 11 is 3.45. The first kappa shape index (κ1) is 19.2. The number of carbonyl (C=O) groups is 1. The van der Waals surface area contributed by atoms with Gasteiger partial charge in [-0.15, -0.1) is 0 Å². The van der Waals surface area contributed by atoms with E-state index in [1.165, 1.54) is 5.52 Å². The molecule has 3 aromatic rings. The number of urea groups is 1. The van der Waals surface area contributed by atoms with Crippen LogP contribution in [0.25, 0.3) is 10.9 Å². The third-order valence-corrected chi connectivity index (χ3v) is 5.51. The number of anilines is 1. The second kappa shape index (κ2) is 8.39. The molecule has 3 rings (SSSR count). The van der Waals surface area contributed by atoms with Crippen LogP contribution in [-0.2, 0) is 0 Å². The van der Waals surface area contributed by atoms with Gasteiger partial charge in [-0.3, -0.25) is 0 Å². The van der Waals surface area contributed by atoms with Crippen molar-refractivity contribution in [2.24, 2.45) is 5.10 Å². The first-order valence-corrected chi connectivity index (χ1v) is 9.74. The Labute approximate surface area is 167 Å². The Bertz CT molecular complexity index is 993. The van der Waals surface area contributed by atoms with E-state index in [-0.39, 0.29) is 6.03 Å². The molecule has 0 unspecified atom stereocenters. The van der Waals surface area contributed by atoms with Gasteiger partial charge in [-0.2, -0.15) is 5.10 Å². The Morgan fingerprint density at radius 3 is 2.81 bits per heavy atom. The number of nitrogens with one attached hydrogen (secondary N) is 2. The number of hydrogen-bond acceptors (Lipinski definition) is 2.